The van der Waals surface area contributed by atoms with Crippen LogP contribution in [0.25, 0.3) is 0 Å². The van der Waals surface area contributed by atoms with Gasteiger partial charge < -0.3 is 9.63 Å². The van der Waals surface area contributed by atoms with Crippen LogP contribution in [0.15, 0.2) is 21.2 Å². The van der Waals surface area contributed by atoms with Crippen molar-refractivity contribution in [2.24, 2.45) is 0 Å². The first-order valence-corrected chi connectivity index (χ1v) is 4.71. The monoisotopic (exact) mass is 228 g/mol. The van der Waals surface area contributed by atoms with Crippen LogP contribution in [0.2, 0.25) is 0 Å². The van der Waals surface area contributed by atoms with Gasteiger partial charge in [-0.1, -0.05) is 16.8 Å². The zero-order chi connectivity index (χ0) is 11.2. The van der Waals surface area contributed by atoms with E-state index in [9.17, 15) is 9.90 Å². The van der Waals surface area contributed by atoms with Crippen LogP contribution >= 0.6 is 11.6 Å². The van der Waals surface area contributed by atoms with Crippen molar-refractivity contribution in [3.63, 3.8) is 0 Å². The molecule has 0 fully saturated rings. The Labute approximate surface area is 90.9 Å². The minimum absolute atomic E-state index is 0.0307. The zero-order valence-electron chi connectivity index (χ0n) is 8.19. The number of halogens is 1. The molecule has 0 spiro atoms. The lowest BCUT2D eigenvalue weighted by Gasteiger charge is -2.17. The normalized spacial score (nSPS) is 21.7. The van der Waals surface area contributed by atoms with Crippen molar-refractivity contribution in [2.45, 2.75) is 20.1 Å². The highest BCUT2D eigenvalue weighted by atomic mass is 35.5. The first kappa shape index (κ1) is 10.2. The number of rotatable bonds is 1. The van der Waals surface area contributed by atoms with E-state index in [0.717, 1.165) is 4.90 Å². The Morgan fingerprint density at radius 3 is 2.67 bits per heavy atom. The number of aryl methyl sites for hydroxylation is 1. The predicted molar refractivity (Wildman–Crippen MR) is 53.3 cm³/mol. The molecule has 80 valence electrons. The summed E-state index contributed by atoms with van der Waals surface area (Å²) in [6.07, 6.45) is -1.06. The van der Waals surface area contributed by atoms with Crippen molar-refractivity contribution in [3.8, 4) is 0 Å². The molecule has 1 aliphatic rings. The predicted octanol–water partition coefficient (Wildman–Crippen LogP) is 1.16. The second-order valence-corrected chi connectivity index (χ2v) is 3.72. The quantitative estimate of drug-likeness (QED) is 0.783. The molecular formula is C9H9ClN2O3. The van der Waals surface area contributed by atoms with Crippen LogP contribution < -0.4 is 4.90 Å². The van der Waals surface area contributed by atoms with Crippen molar-refractivity contribution in [3.05, 3.63) is 22.4 Å². The Kier molecular flexibility index (Phi) is 2.28. The summed E-state index contributed by atoms with van der Waals surface area (Å²) in [5.74, 6) is 0.362. The Morgan fingerprint density at radius 1 is 1.60 bits per heavy atom. The Bertz CT molecular complexity index is 452. The fourth-order valence-corrected chi connectivity index (χ4v) is 1.58. The summed E-state index contributed by atoms with van der Waals surface area (Å²) in [5, 5.41) is 13.4. The van der Waals surface area contributed by atoms with Crippen LogP contribution in [0.4, 0.5) is 5.82 Å². The van der Waals surface area contributed by atoms with E-state index in [1.165, 1.54) is 0 Å². The molecular weight excluding hydrogens is 220 g/mol. The summed E-state index contributed by atoms with van der Waals surface area (Å²) in [6, 6.07) is 1.56. The maximum Gasteiger partial charge on any atom is 0.273 e. The second-order valence-electron chi connectivity index (χ2n) is 3.34. The van der Waals surface area contributed by atoms with Gasteiger partial charge in [0, 0.05) is 11.6 Å². The molecule has 0 saturated heterocycles. The Hall–Kier alpha value is -1.33. The van der Waals surface area contributed by atoms with Gasteiger partial charge in [-0.15, -0.1) is 0 Å². The third-order valence-electron chi connectivity index (χ3n) is 2.25. The molecule has 0 bridgehead atoms. The molecule has 0 aromatic carbocycles. The summed E-state index contributed by atoms with van der Waals surface area (Å²) < 4.78 is 4.83. The number of aliphatic hydroxyl groups is 1. The lowest BCUT2D eigenvalue weighted by molar-refractivity contribution is -0.115. The number of hydrogen-bond acceptors (Lipinski definition) is 4. The van der Waals surface area contributed by atoms with Crippen molar-refractivity contribution in [1.29, 1.82) is 0 Å². The van der Waals surface area contributed by atoms with Crippen molar-refractivity contribution in [1.82, 2.24) is 5.16 Å². The minimum Gasteiger partial charge on any atom is -0.369 e. The van der Waals surface area contributed by atoms with E-state index in [-0.39, 0.29) is 10.9 Å². The summed E-state index contributed by atoms with van der Waals surface area (Å²) in [5.41, 5.74) is 0.419. The largest absolute Gasteiger partial charge is 0.369 e. The summed E-state index contributed by atoms with van der Waals surface area (Å²) in [6.45, 7) is 3.29. The van der Waals surface area contributed by atoms with Gasteiger partial charge in [-0.3, -0.25) is 9.69 Å². The molecule has 5 nitrogen and oxygen atoms in total. The fourth-order valence-electron chi connectivity index (χ4n) is 1.39. The van der Waals surface area contributed by atoms with E-state index in [0.29, 0.717) is 11.3 Å². The molecule has 0 radical (unpaired) electrons. The number of carbonyl (C=O) groups excluding carboxylic acids is 1. The third kappa shape index (κ3) is 1.44. The van der Waals surface area contributed by atoms with E-state index in [1.54, 1.807) is 19.9 Å². The maximum absolute atomic E-state index is 11.6. The molecule has 0 saturated carbocycles. The van der Waals surface area contributed by atoms with Crippen LogP contribution in [0.5, 0.6) is 0 Å². The first-order valence-electron chi connectivity index (χ1n) is 4.33. The summed E-state index contributed by atoms with van der Waals surface area (Å²) in [4.78, 5) is 12.7. The molecule has 1 aromatic rings. The van der Waals surface area contributed by atoms with E-state index in [1.807, 2.05) is 0 Å². The van der Waals surface area contributed by atoms with Gasteiger partial charge in [-0.25, -0.2) is 0 Å². The van der Waals surface area contributed by atoms with Crippen molar-refractivity contribution in [2.75, 3.05) is 4.90 Å². The molecule has 1 atom stereocenters. The fraction of sp³-hybridized carbons (Fsp3) is 0.333. The Morgan fingerprint density at radius 2 is 2.27 bits per heavy atom. The van der Waals surface area contributed by atoms with Gasteiger partial charge in [0.2, 0.25) is 0 Å². The van der Waals surface area contributed by atoms with Gasteiger partial charge in [0.15, 0.2) is 12.0 Å². The van der Waals surface area contributed by atoms with Crippen LogP contribution in [-0.4, -0.2) is 22.4 Å². The third-order valence-corrected chi connectivity index (χ3v) is 2.71. The molecule has 6 heteroatoms. The molecule has 2 rings (SSSR count). The van der Waals surface area contributed by atoms with Gasteiger partial charge in [0.05, 0.1) is 0 Å². The van der Waals surface area contributed by atoms with Gasteiger partial charge in [-0.05, 0) is 13.8 Å². The number of carbonyl (C=O) groups is 1. The lowest BCUT2D eigenvalue weighted by atomic mass is 10.3. The number of nitrogens with zero attached hydrogens (tertiary/aromatic N) is 2. The molecule has 1 N–H and O–H groups in total. The molecule has 15 heavy (non-hydrogen) atoms. The van der Waals surface area contributed by atoms with Crippen molar-refractivity contribution >= 4 is 23.3 Å². The zero-order valence-corrected chi connectivity index (χ0v) is 8.95. The standard InChI is InChI=1S/C9H9ClN2O3/c1-4-3-6(11-15-4)12-8(13)5(2)7(10)9(12)14/h3,8,13H,1-2H3. The summed E-state index contributed by atoms with van der Waals surface area (Å²) in [7, 11) is 0. The molecule has 1 amide bonds. The smallest absolute Gasteiger partial charge is 0.273 e. The average Bonchev–Trinajstić information content (AvgIpc) is 2.68. The molecule has 1 aliphatic heterocycles. The lowest BCUT2D eigenvalue weighted by Crippen LogP contribution is -2.35. The van der Waals surface area contributed by atoms with Crippen LogP contribution in [-0.2, 0) is 4.79 Å². The van der Waals surface area contributed by atoms with Crippen LogP contribution in [0.1, 0.15) is 12.7 Å². The highest BCUT2D eigenvalue weighted by molar-refractivity contribution is 6.45. The van der Waals surface area contributed by atoms with Crippen LogP contribution in [0, 0.1) is 6.92 Å². The molecule has 2 heterocycles. The van der Waals surface area contributed by atoms with Crippen molar-refractivity contribution < 1.29 is 14.4 Å². The SMILES string of the molecule is CC1=C(Cl)C(=O)N(c2cc(C)on2)C1O. The molecule has 1 aromatic heterocycles. The number of amides is 1. The highest BCUT2D eigenvalue weighted by Crippen LogP contribution is 2.30. The second kappa shape index (κ2) is 3.36. The summed E-state index contributed by atoms with van der Waals surface area (Å²) >= 11 is 5.73. The van der Waals surface area contributed by atoms with Gasteiger partial charge >= 0.3 is 0 Å². The number of hydrogen-bond donors (Lipinski definition) is 1. The highest BCUT2D eigenvalue weighted by Gasteiger charge is 2.37. The number of anilines is 1. The molecule has 0 aliphatic carbocycles. The topological polar surface area (TPSA) is 66.6 Å². The van der Waals surface area contributed by atoms with Gasteiger partial charge in [0.1, 0.15) is 10.8 Å². The van der Waals surface area contributed by atoms with E-state index < -0.39 is 12.1 Å². The van der Waals surface area contributed by atoms with E-state index in [2.05, 4.69) is 5.16 Å². The maximum atomic E-state index is 11.6. The number of aliphatic hydroxyl groups excluding tert-OH is 1. The average molecular weight is 229 g/mol. The first-order chi connectivity index (χ1) is 7.02. The van der Waals surface area contributed by atoms with Gasteiger partial charge in [0.25, 0.3) is 5.91 Å². The van der Waals surface area contributed by atoms with Crippen LogP contribution in [0.3, 0.4) is 0 Å². The minimum atomic E-state index is -1.06. The van der Waals surface area contributed by atoms with Gasteiger partial charge in [-0.2, -0.15) is 0 Å². The Balaban J connectivity index is 2.38. The van der Waals surface area contributed by atoms with E-state index in [4.69, 9.17) is 16.1 Å². The molecule has 1 unspecified atom stereocenters. The van der Waals surface area contributed by atoms with E-state index >= 15 is 0 Å². The number of aromatic nitrogens is 1.